The molecule has 0 atom stereocenters. The summed E-state index contributed by atoms with van der Waals surface area (Å²) in [5, 5.41) is 10.3. The van der Waals surface area contributed by atoms with E-state index >= 15 is 0 Å². The number of ether oxygens (including phenoxy) is 1. The summed E-state index contributed by atoms with van der Waals surface area (Å²) in [5.74, 6) is 0.512. The average molecular weight is 346 g/mol. The van der Waals surface area contributed by atoms with Gasteiger partial charge in [0.1, 0.15) is 17.6 Å². The van der Waals surface area contributed by atoms with Crippen molar-refractivity contribution in [3.63, 3.8) is 0 Å². The zero-order chi connectivity index (χ0) is 17.8. The molecule has 0 aliphatic carbocycles. The van der Waals surface area contributed by atoms with Gasteiger partial charge in [0.15, 0.2) is 0 Å². The Hall–Kier alpha value is -2.24. The van der Waals surface area contributed by atoms with Crippen molar-refractivity contribution in [3.8, 4) is 11.5 Å². The number of hydrogen-bond donors (Lipinski definition) is 1. The maximum absolute atomic E-state index is 12.5. The molecule has 1 N–H and O–H groups in total. The Kier molecular flexibility index (Phi) is 5.46. The molecule has 0 radical (unpaired) electrons. The highest BCUT2D eigenvalue weighted by Crippen LogP contribution is 2.28. The van der Waals surface area contributed by atoms with Crippen LogP contribution in [0, 0.1) is 0 Å². The molecule has 0 spiro atoms. The molecule has 1 aromatic rings. The van der Waals surface area contributed by atoms with Crippen LogP contribution in [0.1, 0.15) is 49.4 Å². The quantitative estimate of drug-likeness (QED) is 0.912. The normalized spacial score (nSPS) is 18.9. The molecule has 6 nitrogen and oxygen atoms in total. The summed E-state index contributed by atoms with van der Waals surface area (Å²) in [6.07, 6.45) is 4.77. The fourth-order valence-electron chi connectivity index (χ4n) is 3.51. The van der Waals surface area contributed by atoms with Gasteiger partial charge in [-0.25, -0.2) is 0 Å². The van der Waals surface area contributed by atoms with Gasteiger partial charge in [0.2, 0.25) is 5.91 Å². The van der Waals surface area contributed by atoms with Gasteiger partial charge in [-0.1, -0.05) is 0 Å². The second-order valence-electron chi connectivity index (χ2n) is 6.86. The molecule has 0 unspecified atom stereocenters. The van der Waals surface area contributed by atoms with E-state index in [0.29, 0.717) is 24.4 Å². The molecule has 1 aromatic carbocycles. The van der Waals surface area contributed by atoms with Crippen molar-refractivity contribution in [1.82, 2.24) is 9.80 Å². The van der Waals surface area contributed by atoms with Gasteiger partial charge in [-0.2, -0.15) is 0 Å². The molecule has 2 saturated heterocycles. The molecule has 25 heavy (non-hydrogen) atoms. The van der Waals surface area contributed by atoms with Crippen LogP contribution >= 0.6 is 0 Å². The van der Waals surface area contributed by atoms with Crippen LogP contribution in [0.2, 0.25) is 0 Å². The van der Waals surface area contributed by atoms with Gasteiger partial charge in [-0.05, 0) is 31.4 Å². The molecular formula is C19H26N2O4. The van der Waals surface area contributed by atoms with Crippen molar-refractivity contribution in [3.05, 3.63) is 23.8 Å². The van der Waals surface area contributed by atoms with E-state index < -0.39 is 0 Å². The molecule has 0 saturated carbocycles. The van der Waals surface area contributed by atoms with E-state index in [9.17, 15) is 14.7 Å². The third-order valence-electron chi connectivity index (χ3n) is 5.03. The summed E-state index contributed by atoms with van der Waals surface area (Å²) in [4.78, 5) is 27.5. The number of hydrogen-bond acceptors (Lipinski definition) is 4. The molecule has 2 heterocycles. The monoisotopic (exact) mass is 346 g/mol. The Morgan fingerprint density at radius 3 is 2.32 bits per heavy atom. The van der Waals surface area contributed by atoms with Gasteiger partial charge >= 0.3 is 0 Å². The minimum atomic E-state index is -0.112. The van der Waals surface area contributed by atoms with Crippen LogP contribution in [0.25, 0.3) is 0 Å². The third kappa shape index (κ3) is 4.24. The number of piperidine rings is 2. The van der Waals surface area contributed by atoms with Gasteiger partial charge in [-0.15, -0.1) is 0 Å². The summed E-state index contributed by atoms with van der Waals surface area (Å²) < 4.78 is 5.92. The van der Waals surface area contributed by atoms with Crippen LogP contribution in [0.15, 0.2) is 18.2 Å². The van der Waals surface area contributed by atoms with Crippen LogP contribution in [-0.4, -0.2) is 59.0 Å². The summed E-state index contributed by atoms with van der Waals surface area (Å²) >= 11 is 0. The Labute approximate surface area is 148 Å². The first-order valence-electron chi connectivity index (χ1n) is 9.09. The van der Waals surface area contributed by atoms with Crippen molar-refractivity contribution < 1.29 is 19.4 Å². The van der Waals surface area contributed by atoms with E-state index in [-0.39, 0.29) is 23.7 Å². The standard InChI is InChI=1S/C19H26N2O4/c1-14(22)20-11-7-15(8-12-20)25-16-5-6-17(18(23)13-16)19(24)21-9-3-2-4-10-21/h5-6,13,15,23H,2-4,7-12H2,1H3. The number of likely N-dealkylation sites (tertiary alicyclic amines) is 2. The predicted molar refractivity (Wildman–Crippen MR) is 93.8 cm³/mol. The lowest BCUT2D eigenvalue weighted by molar-refractivity contribution is -0.130. The highest BCUT2D eigenvalue weighted by molar-refractivity contribution is 5.97. The first-order valence-corrected chi connectivity index (χ1v) is 9.09. The number of aromatic hydroxyl groups is 1. The molecule has 2 aliphatic rings. The molecule has 0 bridgehead atoms. The summed E-state index contributed by atoms with van der Waals surface area (Å²) in [5.41, 5.74) is 0.334. The molecule has 3 rings (SSSR count). The van der Waals surface area contributed by atoms with Crippen molar-refractivity contribution >= 4 is 11.8 Å². The number of carbonyl (C=O) groups is 2. The first-order chi connectivity index (χ1) is 12.0. The number of amides is 2. The van der Waals surface area contributed by atoms with E-state index in [1.54, 1.807) is 24.0 Å². The predicted octanol–water partition coefficient (Wildman–Crippen LogP) is 2.41. The number of phenolic OH excluding ortho intramolecular Hbond substituents is 1. The Morgan fingerprint density at radius 2 is 1.72 bits per heavy atom. The van der Waals surface area contributed by atoms with Gasteiger partial charge in [0, 0.05) is 52.0 Å². The van der Waals surface area contributed by atoms with E-state index in [1.165, 1.54) is 6.07 Å². The first kappa shape index (κ1) is 17.6. The number of benzene rings is 1. The van der Waals surface area contributed by atoms with Crippen molar-refractivity contribution in [2.45, 2.75) is 45.1 Å². The minimum absolute atomic E-state index is 0.0265. The van der Waals surface area contributed by atoms with Crippen LogP contribution in [0.3, 0.4) is 0 Å². The lowest BCUT2D eigenvalue weighted by Gasteiger charge is -2.31. The third-order valence-corrected chi connectivity index (χ3v) is 5.03. The van der Waals surface area contributed by atoms with Gasteiger partial charge in [0.05, 0.1) is 5.56 Å². The summed E-state index contributed by atoms with van der Waals surface area (Å²) in [7, 11) is 0. The zero-order valence-electron chi connectivity index (χ0n) is 14.7. The van der Waals surface area contributed by atoms with Gasteiger partial charge < -0.3 is 19.6 Å². The fraction of sp³-hybridized carbons (Fsp3) is 0.579. The Bertz CT molecular complexity index is 632. The maximum atomic E-state index is 12.5. The molecule has 2 amide bonds. The second kappa shape index (κ2) is 7.76. The van der Waals surface area contributed by atoms with E-state index in [0.717, 1.165) is 45.2 Å². The topological polar surface area (TPSA) is 70.1 Å². The minimum Gasteiger partial charge on any atom is -0.507 e. The Balaban J connectivity index is 1.60. The van der Waals surface area contributed by atoms with E-state index in [2.05, 4.69) is 0 Å². The molecule has 2 fully saturated rings. The molecule has 2 aliphatic heterocycles. The lowest BCUT2D eigenvalue weighted by Crippen LogP contribution is -2.40. The number of phenols is 1. The largest absolute Gasteiger partial charge is 0.507 e. The van der Waals surface area contributed by atoms with Crippen molar-refractivity contribution in [1.29, 1.82) is 0 Å². The van der Waals surface area contributed by atoms with Crippen LogP contribution < -0.4 is 4.74 Å². The SMILES string of the molecule is CC(=O)N1CCC(Oc2ccc(C(=O)N3CCCCC3)c(O)c2)CC1. The van der Waals surface area contributed by atoms with Crippen LogP contribution in [-0.2, 0) is 4.79 Å². The highest BCUT2D eigenvalue weighted by atomic mass is 16.5. The fourth-order valence-corrected chi connectivity index (χ4v) is 3.51. The summed E-state index contributed by atoms with van der Waals surface area (Å²) in [6, 6.07) is 4.91. The Morgan fingerprint density at radius 1 is 1.04 bits per heavy atom. The van der Waals surface area contributed by atoms with Crippen LogP contribution in [0.5, 0.6) is 11.5 Å². The second-order valence-corrected chi connectivity index (χ2v) is 6.86. The highest BCUT2D eigenvalue weighted by Gasteiger charge is 2.24. The smallest absolute Gasteiger partial charge is 0.257 e. The summed E-state index contributed by atoms with van der Waals surface area (Å²) in [6.45, 7) is 4.48. The van der Waals surface area contributed by atoms with E-state index in [4.69, 9.17) is 4.74 Å². The van der Waals surface area contributed by atoms with E-state index in [1.807, 2.05) is 4.90 Å². The molecular weight excluding hydrogens is 320 g/mol. The maximum Gasteiger partial charge on any atom is 0.257 e. The van der Waals surface area contributed by atoms with Gasteiger partial charge in [0.25, 0.3) is 5.91 Å². The lowest BCUT2D eigenvalue weighted by atomic mass is 10.1. The number of carbonyl (C=O) groups excluding carboxylic acids is 2. The number of nitrogens with zero attached hydrogens (tertiary/aromatic N) is 2. The van der Waals surface area contributed by atoms with Crippen LogP contribution in [0.4, 0.5) is 0 Å². The zero-order valence-corrected chi connectivity index (χ0v) is 14.7. The number of rotatable bonds is 3. The molecule has 136 valence electrons. The van der Waals surface area contributed by atoms with Crippen molar-refractivity contribution in [2.24, 2.45) is 0 Å². The van der Waals surface area contributed by atoms with Crippen molar-refractivity contribution in [2.75, 3.05) is 26.2 Å². The van der Waals surface area contributed by atoms with Gasteiger partial charge in [-0.3, -0.25) is 9.59 Å². The molecule has 6 heteroatoms. The molecule has 0 aromatic heterocycles. The average Bonchev–Trinajstić information content (AvgIpc) is 2.62.